The summed E-state index contributed by atoms with van der Waals surface area (Å²) in [4.78, 5) is 21.2. The van der Waals surface area contributed by atoms with Crippen molar-refractivity contribution >= 4 is 5.91 Å². The lowest BCUT2D eigenvalue weighted by Crippen LogP contribution is -2.45. The molecule has 1 aliphatic rings. The van der Waals surface area contributed by atoms with E-state index in [-0.39, 0.29) is 18.0 Å². The van der Waals surface area contributed by atoms with Crippen molar-refractivity contribution < 1.29 is 13.9 Å². The van der Waals surface area contributed by atoms with Gasteiger partial charge in [-0.05, 0) is 18.2 Å². The van der Waals surface area contributed by atoms with Gasteiger partial charge in [0, 0.05) is 50.9 Å². The molecule has 1 fully saturated rings. The van der Waals surface area contributed by atoms with Crippen LogP contribution in [-0.4, -0.2) is 67.1 Å². The highest BCUT2D eigenvalue weighted by molar-refractivity contribution is 5.78. The van der Waals surface area contributed by atoms with E-state index in [1.54, 1.807) is 18.3 Å². The molecule has 7 heteroatoms. The van der Waals surface area contributed by atoms with Gasteiger partial charge in [0.05, 0.1) is 12.6 Å². The zero-order valence-electron chi connectivity index (χ0n) is 19.5. The number of amides is 1. The molecule has 3 aromatic rings. The predicted molar refractivity (Wildman–Crippen MR) is 131 cm³/mol. The minimum Gasteiger partial charge on any atom is -0.491 e. The molecule has 1 saturated heterocycles. The fraction of sp³-hybridized carbons (Fsp3) is 0.333. The fourth-order valence-electron chi connectivity index (χ4n) is 3.90. The Morgan fingerprint density at radius 2 is 1.76 bits per heavy atom. The zero-order valence-corrected chi connectivity index (χ0v) is 19.5. The fourth-order valence-corrected chi connectivity index (χ4v) is 3.90. The second-order valence-electron chi connectivity index (χ2n) is 8.63. The third-order valence-corrected chi connectivity index (χ3v) is 6.01. The lowest BCUT2D eigenvalue weighted by molar-refractivity contribution is -0.120. The Labute approximate surface area is 200 Å². The van der Waals surface area contributed by atoms with Crippen molar-refractivity contribution in [2.24, 2.45) is 0 Å². The van der Waals surface area contributed by atoms with Crippen molar-refractivity contribution in [1.82, 2.24) is 20.1 Å². The van der Waals surface area contributed by atoms with Crippen LogP contribution in [0.5, 0.6) is 5.75 Å². The van der Waals surface area contributed by atoms with Crippen molar-refractivity contribution in [1.29, 1.82) is 0 Å². The topological polar surface area (TPSA) is 57.7 Å². The van der Waals surface area contributed by atoms with Crippen molar-refractivity contribution in [3.05, 3.63) is 83.8 Å². The van der Waals surface area contributed by atoms with Crippen LogP contribution in [0.3, 0.4) is 0 Å². The first-order valence-electron chi connectivity index (χ1n) is 11.7. The second kappa shape index (κ2) is 11.7. The first kappa shape index (κ1) is 23.9. The van der Waals surface area contributed by atoms with Gasteiger partial charge in [-0.3, -0.25) is 9.69 Å². The van der Waals surface area contributed by atoms with E-state index in [4.69, 9.17) is 4.74 Å². The van der Waals surface area contributed by atoms with Gasteiger partial charge in [0.15, 0.2) is 5.82 Å². The maximum Gasteiger partial charge on any atom is 0.224 e. The minimum atomic E-state index is -0.426. The Hall–Kier alpha value is -3.29. The highest BCUT2D eigenvalue weighted by Gasteiger charge is 2.14. The number of likely N-dealkylation sites (N-methyl/N-ethyl adjacent to an activating group) is 1. The number of nitrogens with zero attached hydrogens (tertiary/aromatic N) is 3. The van der Waals surface area contributed by atoms with Gasteiger partial charge in [-0.1, -0.05) is 54.6 Å². The summed E-state index contributed by atoms with van der Waals surface area (Å²) in [5.41, 5.74) is 2.85. The summed E-state index contributed by atoms with van der Waals surface area (Å²) in [7, 11) is 2.13. The number of rotatable bonds is 9. The Morgan fingerprint density at radius 3 is 2.47 bits per heavy atom. The van der Waals surface area contributed by atoms with E-state index in [0.717, 1.165) is 43.9 Å². The number of hydrogen-bond acceptors (Lipinski definition) is 5. The van der Waals surface area contributed by atoms with Crippen molar-refractivity contribution in [3.8, 4) is 17.0 Å². The molecular formula is C27H31FN4O2. The normalized spacial score (nSPS) is 14.6. The SMILES string of the molecule is CN1CCN(CCOc2cnc(-c3ccc(CC(=O)NCc4ccccc4)cc3)c(F)c2)CC1. The van der Waals surface area contributed by atoms with Crippen LogP contribution in [0.15, 0.2) is 66.9 Å². The first-order valence-corrected chi connectivity index (χ1v) is 11.7. The number of nitrogens with one attached hydrogen (secondary N) is 1. The molecule has 2 heterocycles. The van der Waals surface area contributed by atoms with Gasteiger partial charge >= 0.3 is 0 Å². The number of benzene rings is 2. The smallest absolute Gasteiger partial charge is 0.224 e. The maximum absolute atomic E-state index is 14.7. The van der Waals surface area contributed by atoms with Crippen molar-refractivity contribution in [2.75, 3.05) is 46.4 Å². The highest BCUT2D eigenvalue weighted by atomic mass is 19.1. The van der Waals surface area contributed by atoms with Gasteiger partial charge in [-0.15, -0.1) is 0 Å². The van der Waals surface area contributed by atoms with E-state index in [1.807, 2.05) is 42.5 Å². The average Bonchev–Trinajstić information content (AvgIpc) is 2.85. The van der Waals surface area contributed by atoms with Crippen molar-refractivity contribution in [2.45, 2.75) is 13.0 Å². The van der Waals surface area contributed by atoms with Crippen LogP contribution < -0.4 is 10.1 Å². The zero-order chi connectivity index (χ0) is 23.8. The summed E-state index contributed by atoms with van der Waals surface area (Å²) < 4.78 is 20.4. The average molecular weight is 463 g/mol. The Balaban J connectivity index is 1.26. The molecule has 178 valence electrons. The standard InChI is InChI=1S/C27H31FN4O2/c1-31-11-13-32(14-12-31)15-16-34-24-18-25(28)27(30-20-24)23-9-7-21(8-10-23)17-26(33)29-19-22-5-3-2-4-6-22/h2-10,18,20H,11-17,19H2,1H3,(H,29,33). The van der Waals surface area contributed by atoms with E-state index in [2.05, 4.69) is 27.1 Å². The predicted octanol–water partition coefficient (Wildman–Crippen LogP) is 3.37. The number of halogens is 1. The van der Waals surface area contributed by atoms with E-state index in [1.165, 1.54) is 6.07 Å². The number of ether oxygens (including phenoxy) is 1. The van der Waals surface area contributed by atoms with Crippen molar-refractivity contribution in [3.63, 3.8) is 0 Å². The third-order valence-electron chi connectivity index (χ3n) is 6.01. The molecule has 4 rings (SSSR count). The molecule has 0 saturated carbocycles. The van der Waals surface area contributed by atoms with Gasteiger partial charge in [0.2, 0.25) is 5.91 Å². The number of piperazine rings is 1. The summed E-state index contributed by atoms with van der Waals surface area (Å²) in [5.74, 6) is -0.0495. The number of pyridine rings is 1. The lowest BCUT2D eigenvalue weighted by Gasteiger charge is -2.32. The van der Waals surface area contributed by atoms with Gasteiger partial charge in [-0.2, -0.15) is 0 Å². The number of hydrogen-bond donors (Lipinski definition) is 1. The van der Waals surface area contributed by atoms with E-state index < -0.39 is 5.82 Å². The summed E-state index contributed by atoms with van der Waals surface area (Å²) in [6, 6.07) is 18.4. The van der Waals surface area contributed by atoms with Crippen LogP contribution in [0.2, 0.25) is 0 Å². The Bertz CT molecular complexity index is 1070. The van der Waals surface area contributed by atoms with Crippen LogP contribution in [-0.2, 0) is 17.8 Å². The van der Waals surface area contributed by atoms with Gasteiger partial charge < -0.3 is 15.0 Å². The summed E-state index contributed by atoms with van der Waals surface area (Å²) >= 11 is 0. The molecule has 1 amide bonds. The molecule has 0 unspecified atom stereocenters. The first-order chi connectivity index (χ1) is 16.6. The van der Waals surface area contributed by atoms with E-state index in [9.17, 15) is 9.18 Å². The summed E-state index contributed by atoms with van der Waals surface area (Å²) in [5, 5.41) is 2.92. The van der Waals surface area contributed by atoms with Crippen LogP contribution in [0, 0.1) is 5.82 Å². The minimum absolute atomic E-state index is 0.0565. The molecule has 6 nitrogen and oxygen atoms in total. The molecule has 1 N–H and O–H groups in total. The summed E-state index contributed by atoms with van der Waals surface area (Å²) in [6.07, 6.45) is 1.83. The van der Waals surface area contributed by atoms with Gasteiger partial charge in [0.25, 0.3) is 0 Å². The number of carbonyl (C=O) groups excluding carboxylic acids is 1. The molecule has 0 aliphatic carbocycles. The van der Waals surface area contributed by atoms with E-state index >= 15 is 0 Å². The number of aromatic nitrogens is 1. The molecule has 0 bridgehead atoms. The van der Waals surface area contributed by atoms with E-state index in [0.29, 0.717) is 24.5 Å². The maximum atomic E-state index is 14.7. The molecule has 2 aromatic carbocycles. The Morgan fingerprint density at radius 1 is 1.03 bits per heavy atom. The molecule has 1 aliphatic heterocycles. The lowest BCUT2D eigenvalue weighted by atomic mass is 10.1. The Kier molecular flexibility index (Phi) is 8.22. The summed E-state index contributed by atoms with van der Waals surface area (Å²) in [6.45, 7) is 5.98. The van der Waals surface area contributed by atoms with Crippen LogP contribution in [0.25, 0.3) is 11.3 Å². The second-order valence-corrected chi connectivity index (χ2v) is 8.63. The van der Waals surface area contributed by atoms with Gasteiger partial charge in [-0.25, -0.2) is 9.37 Å². The van der Waals surface area contributed by atoms with Crippen LogP contribution in [0.4, 0.5) is 4.39 Å². The molecular weight excluding hydrogens is 431 g/mol. The number of carbonyl (C=O) groups is 1. The monoisotopic (exact) mass is 462 g/mol. The third kappa shape index (κ3) is 6.85. The molecule has 0 atom stereocenters. The quantitative estimate of drug-likeness (QED) is 0.529. The van der Waals surface area contributed by atoms with Crippen LogP contribution in [0.1, 0.15) is 11.1 Å². The molecule has 0 radical (unpaired) electrons. The molecule has 34 heavy (non-hydrogen) atoms. The molecule has 0 spiro atoms. The largest absolute Gasteiger partial charge is 0.491 e. The molecule has 1 aromatic heterocycles. The highest BCUT2D eigenvalue weighted by Crippen LogP contribution is 2.24. The van der Waals surface area contributed by atoms with Gasteiger partial charge in [0.1, 0.15) is 18.1 Å². The van der Waals surface area contributed by atoms with Crippen LogP contribution >= 0.6 is 0 Å².